The van der Waals surface area contributed by atoms with Crippen LogP contribution in [0.4, 0.5) is 5.69 Å². The van der Waals surface area contributed by atoms with Crippen molar-refractivity contribution in [3.05, 3.63) is 66.0 Å². The molecule has 0 amide bonds. The van der Waals surface area contributed by atoms with Gasteiger partial charge in [-0.1, -0.05) is 24.3 Å². The summed E-state index contributed by atoms with van der Waals surface area (Å²) >= 11 is 0. The molecule has 3 aromatic rings. The number of fused-ring (bicyclic) bond motifs is 1. The van der Waals surface area contributed by atoms with E-state index in [-0.39, 0.29) is 0 Å². The summed E-state index contributed by atoms with van der Waals surface area (Å²) in [6.45, 7) is 15.2. The van der Waals surface area contributed by atoms with Crippen LogP contribution in [0.5, 0.6) is 11.5 Å². The van der Waals surface area contributed by atoms with Crippen LogP contribution in [0.2, 0.25) is 0 Å². The van der Waals surface area contributed by atoms with E-state index in [0.29, 0.717) is 6.04 Å². The minimum Gasteiger partial charge on any atom is -0.497 e. The van der Waals surface area contributed by atoms with Gasteiger partial charge in [-0.15, -0.1) is 0 Å². The predicted octanol–water partition coefficient (Wildman–Crippen LogP) is 5.70. The molecule has 1 aliphatic heterocycles. The highest BCUT2D eigenvalue weighted by Gasteiger charge is 2.21. The lowest BCUT2D eigenvalue weighted by molar-refractivity contribution is 0.209. The van der Waals surface area contributed by atoms with E-state index in [4.69, 9.17) is 14.5 Å². The van der Waals surface area contributed by atoms with Crippen LogP contribution >= 0.6 is 0 Å². The van der Waals surface area contributed by atoms with E-state index >= 15 is 0 Å². The third kappa shape index (κ3) is 5.88. The lowest BCUT2D eigenvalue weighted by Crippen LogP contribution is -2.48. The van der Waals surface area contributed by atoms with E-state index in [0.717, 1.165) is 73.0 Å². The lowest BCUT2D eigenvalue weighted by atomic mass is 10.0. The maximum atomic E-state index is 5.40. The number of hydrogen-bond acceptors (Lipinski definition) is 5. The molecule has 1 N–H and O–H groups in total. The number of nitrogens with one attached hydrogen (secondary N) is 1. The summed E-state index contributed by atoms with van der Waals surface area (Å²) in [6.07, 6.45) is 3.95. The molecule has 2 heterocycles. The number of methoxy groups -OCH3 is 2. The fraction of sp³-hybridized carbons (Fsp3) is 0.414. The van der Waals surface area contributed by atoms with Crippen molar-refractivity contribution in [2.75, 3.05) is 45.3 Å². The van der Waals surface area contributed by atoms with Gasteiger partial charge >= 0.3 is 0 Å². The third-order valence-electron chi connectivity index (χ3n) is 6.82. The van der Waals surface area contributed by atoms with Crippen molar-refractivity contribution in [2.45, 2.75) is 39.7 Å². The summed E-state index contributed by atoms with van der Waals surface area (Å²) in [7, 11) is 3.36. The number of anilines is 1. The van der Waals surface area contributed by atoms with Gasteiger partial charge in [-0.25, -0.2) is 4.98 Å². The van der Waals surface area contributed by atoms with Crippen LogP contribution in [0.1, 0.15) is 38.6 Å². The topological polar surface area (TPSA) is 53.6 Å². The van der Waals surface area contributed by atoms with E-state index in [1.807, 2.05) is 6.07 Å². The number of benzene rings is 2. The molecule has 0 atom stereocenters. The molecule has 2 aromatic carbocycles. The van der Waals surface area contributed by atoms with Crippen molar-refractivity contribution in [2.24, 2.45) is 0 Å². The van der Waals surface area contributed by atoms with Crippen molar-refractivity contribution < 1.29 is 9.47 Å². The number of imidazole rings is 1. The summed E-state index contributed by atoms with van der Waals surface area (Å²) in [5.41, 5.74) is 6.62. The Kier molecular flexibility index (Phi) is 7.81. The Morgan fingerprint density at radius 1 is 1.09 bits per heavy atom. The molecule has 6 nitrogen and oxygen atoms in total. The minimum absolute atomic E-state index is 0.592. The molecule has 1 aromatic heterocycles. The minimum atomic E-state index is 0.592. The van der Waals surface area contributed by atoms with Crippen LogP contribution in [0.15, 0.2) is 54.6 Å². The third-order valence-corrected chi connectivity index (χ3v) is 6.82. The van der Waals surface area contributed by atoms with Crippen molar-refractivity contribution in [1.82, 2.24) is 14.9 Å². The molecule has 0 saturated carbocycles. The summed E-state index contributed by atoms with van der Waals surface area (Å²) in [4.78, 5) is 13.4. The standard InChI is InChI=1S/C29H38N4O2/c1-20(2)32-12-14-33(15-13-32)27-9-7-8-26-28(27)31-29(30-26)22(4)16-21(3)10-11-23-17-24(34-5)19-25(18-23)35-6/h7-9,16-20H,4,10-15H2,1-3,5-6H3,(H,30,31)/b21-16+. The number of rotatable bonds is 9. The van der Waals surface area contributed by atoms with E-state index in [9.17, 15) is 0 Å². The Balaban J connectivity index is 1.46. The van der Waals surface area contributed by atoms with Gasteiger partial charge < -0.3 is 19.4 Å². The molecule has 186 valence electrons. The summed E-state index contributed by atoms with van der Waals surface area (Å²) in [6, 6.07) is 13.0. The van der Waals surface area contributed by atoms with Crippen LogP contribution in [-0.4, -0.2) is 61.3 Å². The fourth-order valence-electron chi connectivity index (χ4n) is 4.69. The number of hydrogen-bond donors (Lipinski definition) is 1. The number of aryl methyl sites for hydroxylation is 1. The van der Waals surface area contributed by atoms with Gasteiger partial charge in [-0.3, -0.25) is 4.90 Å². The van der Waals surface area contributed by atoms with Crippen molar-refractivity contribution in [1.29, 1.82) is 0 Å². The average Bonchev–Trinajstić information content (AvgIpc) is 3.32. The van der Waals surface area contributed by atoms with E-state index in [1.165, 1.54) is 16.8 Å². The Morgan fingerprint density at radius 3 is 2.40 bits per heavy atom. The van der Waals surface area contributed by atoms with E-state index in [1.54, 1.807) is 14.2 Å². The Bertz CT molecular complexity index is 1180. The molecule has 0 aliphatic carbocycles. The second kappa shape index (κ2) is 11.0. The van der Waals surface area contributed by atoms with E-state index in [2.05, 4.69) is 78.5 Å². The quantitative estimate of drug-likeness (QED) is 0.403. The second-order valence-corrected chi connectivity index (χ2v) is 9.61. The van der Waals surface area contributed by atoms with Crippen LogP contribution in [-0.2, 0) is 6.42 Å². The van der Waals surface area contributed by atoms with Gasteiger partial charge in [0.05, 0.1) is 25.4 Å². The first-order valence-corrected chi connectivity index (χ1v) is 12.4. The second-order valence-electron chi connectivity index (χ2n) is 9.61. The first-order chi connectivity index (χ1) is 16.9. The van der Waals surface area contributed by atoms with Gasteiger partial charge in [0, 0.05) is 43.9 Å². The molecule has 1 aliphatic rings. The number of allylic oxidation sites excluding steroid dienone is 3. The Morgan fingerprint density at radius 2 is 1.77 bits per heavy atom. The first-order valence-electron chi connectivity index (χ1n) is 12.4. The van der Waals surface area contributed by atoms with Gasteiger partial charge in [0.25, 0.3) is 0 Å². The fourth-order valence-corrected chi connectivity index (χ4v) is 4.69. The average molecular weight is 475 g/mol. The molecule has 35 heavy (non-hydrogen) atoms. The summed E-state index contributed by atoms with van der Waals surface area (Å²) in [5.74, 6) is 2.46. The van der Waals surface area contributed by atoms with E-state index < -0.39 is 0 Å². The number of para-hydroxylation sites is 1. The van der Waals surface area contributed by atoms with Gasteiger partial charge in [-0.2, -0.15) is 0 Å². The normalized spacial score (nSPS) is 15.1. The molecule has 1 saturated heterocycles. The maximum absolute atomic E-state index is 5.40. The van der Waals surface area contributed by atoms with Gasteiger partial charge in [0.1, 0.15) is 22.8 Å². The van der Waals surface area contributed by atoms with Crippen molar-refractivity contribution in [3.63, 3.8) is 0 Å². The molecule has 0 spiro atoms. The molecular weight excluding hydrogens is 436 g/mol. The smallest absolute Gasteiger partial charge is 0.137 e. The zero-order chi connectivity index (χ0) is 24.9. The lowest BCUT2D eigenvalue weighted by Gasteiger charge is -2.38. The van der Waals surface area contributed by atoms with Crippen molar-refractivity contribution in [3.8, 4) is 11.5 Å². The highest BCUT2D eigenvalue weighted by atomic mass is 16.5. The Labute approximate surface area is 209 Å². The van der Waals surface area contributed by atoms with Gasteiger partial charge in [0.15, 0.2) is 0 Å². The predicted molar refractivity (Wildman–Crippen MR) is 146 cm³/mol. The molecule has 4 rings (SSSR count). The van der Waals surface area contributed by atoms with Crippen LogP contribution in [0.25, 0.3) is 16.6 Å². The Hall–Kier alpha value is -3.25. The number of nitrogens with zero attached hydrogens (tertiary/aromatic N) is 3. The zero-order valence-electron chi connectivity index (χ0n) is 21.7. The summed E-state index contributed by atoms with van der Waals surface area (Å²) in [5, 5.41) is 0. The molecule has 1 fully saturated rings. The monoisotopic (exact) mass is 474 g/mol. The highest BCUT2D eigenvalue weighted by Crippen LogP contribution is 2.29. The van der Waals surface area contributed by atoms with Gasteiger partial charge in [0.2, 0.25) is 0 Å². The van der Waals surface area contributed by atoms with Crippen LogP contribution < -0.4 is 14.4 Å². The molecule has 0 radical (unpaired) electrons. The van der Waals surface area contributed by atoms with Crippen molar-refractivity contribution >= 4 is 22.3 Å². The summed E-state index contributed by atoms with van der Waals surface area (Å²) < 4.78 is 10.8. The number of ether oxygens (including phenoxy) is 2. The zero-order valence-corrected chi connectivity index (χ0v) is 21.7. The molecule has 6 heteroatoms. The SMILES string of the molecule is C=C(/C=C(\C)CCc1cc(OC)cc(OC)c1)c1nc2c(N3CCN(C(C)C)CC3)cccc2[nH]1. The maximum Gasteiger partial charge on any atom is 0.137 e. The first kappa shape index (κ1) is 24.9. The number of aromatic amines is 1. The molecule has 0 unspecified atom stereocenters. The number of aromatic nitrogens is 2. The molecule has 0 bridgehead atoms. The number of H-pyrrole nitrogens is 1. The number of piperazine rings is 1. The highest BCUT2D eigenvalue weighted by molar-refractivity contribution is 5.91. The largest absolute Gasteiger partial charge is 0.497 e. The molecular formula is C29H38N4O2. The van der Waals surface area contributed by atoms with Crippen LogP contribution in [0, 0.1) is 0 Å². The van der Waals surface area contributed by atoms with Crippen LogP contribution in [0.3, 0.4) is 0 Å². The van der Waals surface area contributed by atoms with Gasteiger partial charge in [-0.05, 0) is 63.4 Å².